The van der Waals surface area contributed by atoms with E-state index < -0.39 is 0 Å². The summed E-state index contributed by atoms with van der Waals surface area (Å²) in [4.78, 5) is 23.8. The molecule has 0 spiro atoms. The van der Waals surface area contributed by atoms with Crippen molar-refractivity contribution in [3.8, 4) is 0 Å². The Morgan fingerprint density at radius 1 is 1.45 bits per heavy atom. The highest BCUT2D eigenvalue weighted by atomic mass is 32.1. The highest BCUT2D eigenvalue weighted by Gasteiger charge is 2.28. The molecular weight excluding hydrogens is 305 g/mol. The van der Waals surface area contributed by atoms with Crippen LogP contribution in [0.4, 0.5) is 9.52 Å². The molecule has 0 saturated carbocycles. The van der Waals surface area contributed by atoms with Gasteiger partial charge in [-0.15, -0.1) is 0 Å². The number of carbonyl (C=O) groups excluding carboxylic acids is 1. The second-order valence-corrected chi connectivity index (χ2v) is 6.40. The first-order chi connectivity index (χ1) is 10.6. The van der Waals surface area contributed by atoms with Gasteiger partial charge in [-0.2, -0.15) is 0 Å². The van der Waals surface area contributed by atoms with Crippen molar-refractivity contribution in [1.29, 1.82) is 0 Å². The summed E-state index contributed by atoms with van der Waals surface area (Å²) in [7, 11) is 3.13. The molecule has 2 heterocycles. The maximum absolute atomic E-state index is 13.2. The molecule has 1 aliphatic rings. The van der Waals surface area contributed by atoms with Gasteiger partial charge in [0, 0.05) is 26.1 Å². The Labute approximate surface area is 132 Å². The summed E-state index contributed by atoms with van der Waals surface area (Å²) >= 11 is 1.49. The summed E-state index contributed by atoms with van der Waals surface area (Å²) in [5.41, 5.74) is 0.818. The van der Waals surface area contributed by atoms with Crippen LogP contribution in [0.2, 0.25) is 0 Å². The topological polar surface area (TPSA) is 45.7 Å². The average Bonchev–Trinajstić information content (AvgIpc) is 2.96. The van der Waals surface area contributed by atoms with E-state index in [1.54, 1.807) is 13.1 Å². The van der Waals surface area contributed by atoms with Crippen LogP contribution in [0.3, 0.4) is 0 Å². The van der Waals surface area contributed by atoms with Crippen molar-refractivity contribution in [2.45, 2.75) is 12.8 Å². The Morgan fingerprint density at radius 3 is 2.86 bits per heavy atom. The molecule has 0 atom stereocenters. The number of rotatable bonds is 3. The van der Waals surface area contributed by atoms with Crippen LogP contribution in [0.25, 0.3) is 10.2 Å². The number of aromatic nitrogens is 1. The van der Waals surface area contributed by atoms with Crippen molar-refractivity contribution in [1.82, 2.24) is 10.0 Å². The lowest BCUT2D eigenvalue weighted by Gasteiger charge is -2.32. The van der Waals surface area contributed by atoms with Gasteiger partial charge in [0.2, 0.25) is 5.91 Å². The predicted octanol–water partition coefficient (Wildman–Crippen LogP) is 2.67. The third-order valence-corrected chi connectivity index (χ3v) is 5.12. The van der Waals surface area contributed by atoms with Gasteiger partial charge in [0.05, 0.1) is 17.3 Å². The van der Waals surface area contributed by atoms with Gasteiger partial charge in [0.25, 0.3) is 0 Å². The average molecular weight is 323 g/mol. The molecule has 0 radical (unpaired) electrons. The number of halogens is 1. The lowest BCUT2D eigenvalue weighted by Crippen LogP contribution is -2.40. The third-order valence-electron chi connectivity index (χ3n) is 4.04. The quantitative estimate of drug-likeness (QED) is 0.815. The lowest BCUT2D eigenvalue weighted by molar-refractivity contribution is -0.174. The van der Waals surface area contributed by atoms with E-state index in [-0.39, 0.29) is 17.6 Å². The van der Waals surface area contributed by atoms with Gasteiger partial charge in [0.1, 0.15) is 5.82 Å². The van der Waals surface area contributed by atoms with Crippen LogP contribution in [-0.4, -0.2) is 43.2 Å². The molecule has 1 aromatic heterocycles. The Kier molecular flexibility index (Phi) is 4.26. The summed E-state index contributed by atoms with van der Waals surface area (Å²) in [6.07, 6.45) is 1.55. The normalized spacial score (nSPS) is 16.2. The summed E-state index contributed by atoms with van der Waals surface area (Å²) in [5.74, 6) is -0.226. The molecule has 0 unspecified atom stereocenters. The summed E-state index contributed by atoms with van der Waals surface area (Å²) in [6.45, 7) is 1.55. The van der Waals surface area contributed by atoms with Crippen LogP contribution in [0.5, 0.6) is 0 Å². The summed E-state index contributed by atoms with van der Waals surface area (Å²) < 4.78 is 14.1. The predicted molar refractivity (Wildman–Crippen MR) is 84.3 cm³/mol. The minimum Gasteiger partial charge on any atom is -0.348 e. The molecule has 1 aliphatic heterocycles. The van der Waals surface area contributed by atoms with E-state index >= 15 is 0 Å². The van der Waals surface area contributed by atoms with E-state index in [0.717, 1.165) is 41.3 Å². The van der Waals surface area contributed by atoms with Gasteiger partial charge in [0.15, 0.2) is 5.13 Å². The van der Waals surface area contributed by atoms with Crippen LogP contribution >= 0.6 is 11.3 Å². The number of hydrogen-bond acceptors (Lipinski definition) is 5. The first-order valence-electron chi connectivity index (χ1n) is 7.21. The van der Waals surface area contributed by atoms with Crippen LogP contribution < -0.4 is 4.90 Å². The molecule has 0 aliphatic carbocycles. The first kappa shape index (κ1) is 15.2. The summed E-state index contributed by atoms with van der Waals surface area (Å²) in [6, 6.07) is 4.64. The minimum absolute atomic E-state index is 0.00646. The van der Waals surface area contributed by atoms with Gasteiger partial charge in [-0.05, 0) is 31.0 Å². The van der Waals surface area contributed by atoms with E-state index in [2.05, 4.69) is 9.88 Å². The SMILES string of the molecule is CON(C)C(=O)C1CCN(c2nc3ccc(F)cc3s2)CC1. The zero-order valence-electron chi connectivity index (χ0n) is 12.6. The van der Waals surface area contributed by atoms with E-state index in [0.29, 0.717) is 0 Å². The zero-order valence-corrected chi connectivity index (χ0v) is 13.4. The second-order valence-electron chi connectivity index (χ2n) is 5.39. The number of fused-ring (bicyclic) bond motifs is 1. The summed E-state index contributed by atoms with van der Waals surface area (Å²) in [5, 5.41) is 2.19. The fourth-order valence-electron chi connectivity index (χ4n) is 2.69. The van der Waals surface area contributed by atoms with Crippen molar-refractivity contribution in [3.63, 3.8) is 0 Å². The largest absolute Gasteiger partial charge is 0.348 e. The monoisotopic (exact) mass is 323 g/mol. The van der Waals surface area contributed by atoms with Gasteiger partial charge in [-0.25, -0.2) is 14.4 Å². The fraction of sp³-hybridized carbons (Fsp3) is 0.467. The molecule has 7 heteroatoms. The number of anilines is 1. The number of nitrogens with zero attached hydrogens (tertiary/aromatic N) is 3. The molecule has 5 nitrogen and oxygen atoms in total. The Balaban J connectivity index is 1.68. The number of hydroxylamine groups is 2. The zero-order chi connectivity index (χ0) is 15.7. The molecule has 1 amide bonds. The van der Waals surface area contributed by atoms with Crippen LogP contribution in [0, 0.1) is 11.7 Å². The lowest BCUT2D eigenvalue weighted by atomic mass is 9.96. The van der Waals surface area contributed by atoms with Crippen LogP contribution in [-0.2, 0) is 9.63 Å². The Hall–Kier alpha value is -1.73. The highest BCUT2D eigenvalue weighted by molar-refractivity contribution is 7.22. The van der Waals surface area contributed by atoms with Crippen molar-refractivity contribution >= 4 is 32.6 Å². The molecule has 1 aromatic carbocycles. The molecule has 2 aromatic rings. The number of piperidine rings is 1. The highest BCUT2D eigenvalue weighted by Crippen LogP contribution is 2.32. The van der Waals surface area contributed by atoms with Gasteiger partial charge < -0.3 is 4.90 Å². The number of hydrogen-bond donors (Lipinski definition) is 0. The van der Waals surface area contributed by atoms with Crippen LogP contribution in [0.1, 0.15) is 12.8 Å². The molecule has 1 saturated heterocycles. The molecule has 3 rings (SSSR count). The number of benzene rings is 1. The van der Waals surface area contributed by atoms with Crippen molar-refractivity contribution in [2.24, 2.45) is 5.92 Å². The molecule has 0 N–H and O–H groups in total. The van der Waals surface area contributed by atoms with E-state index in [9.17, 15) is 9.18 Å². The number of amides is 1. The molecule has 118 valence electrons. The Morgan fingerprint density at radius 2 is 2.18 bits per heavy atom. The standard InChI is InChI=1S/C15H18FN3O2S/c1-18(21-2)14(20)10-5-7-19(8-6-10)15-17-12-4-3-11(16)9-13(12)22-15/h3-4,9-10H,5-8H2,1-2H3. The van der Waals surface area contributed by atoms with Gasteiger partial charge in [-0.1, -0.05) is 11.3 Å². The third kappa shape index (κ3) is 2.91. The number of carbonyl (C=O) groups is 1. The maximum atomic E-state index is 13.2. The van der Waals surface area contributed by atoms with E-state index in [1.807, 2.05) is 0 Å². The van der Waals surface area contributed by atoms with Crippen LogP contribution in [0.15, 0.2) is 18.2 Å². The molecule has 22 heavy (non-hydrogen) atoms. The molecule has 1 fully saturated rings. The number of thiazole rings is 1. The Bertz CT molecular complexity index is 682. The van der Waals surface area contributed by atoms with Crippen molar-refractivity contribution < 1.29 is 14.0 Å². The minimum atomic E-state index is -0.241. The fourth-order valence-corrected chi connectivity index (χ4v) is 3.73. The molecule has 0 bridgehead atoms. The maximum Gasteiger partial charge on any atom is 0.249 e. The first-order valence-corrected chi connectivity index (χ1v) is 8.03. The molecular formula is C15H18FN3O2S. The second kappa shape index (κ2) is 6.18. The van der Waals surface area contributed by atoms with Gasteiger partial charge in [-0.3, -0.25) is 9.63 Å². The van der Waals surface area contributed by atoms with E-state index in [1.165, 1.54) is 35.6 Å². The van der Waals surface area contributed by atoms with Crippen molar-refractivity contribution in [3.05, 3.63) is 24.0 Å². The van der Waals surface area contributed by atoms with Gasteiger partial charge >= 0.3 is 0 Å². The van der Waals surface area contributed by atoms with Crippen molar-refractivity contribution in [2.75, 3.05) is 32.1 Å². The smallest absolute Gasteiger partial charge is 0.249 e. The van der Waals surface area contributed by atoms with E-state index in [4.69, 9.17) is 4.84 Å².